The van der Waals surface area contributed by atoms with Crippen molar-refractivity contribution in [3.63, 3.8) is 0 Å². The Labute approximate surface area is 152 Å². The van der Waals surface area contributed by atoms with Gasteiger partial charge in [-0.15, -0.1) is 0 Å². The lowest BCUT2D eigenvalue weighted by molar-refractivity contribution is 0.468. The molecule has 0 saturated carbocycles. The highest BCUT2D eigenvalue weighted by Crippen LogP contribution is 2.35. The fraction of sp³-hybridized carbons (Fsp3) is 0. The van der Waals surface area contributed by atoms with Gasteiger partial charge in [-0.25, -0.2) is 4.98 Å². The minimum absolute atomic E-state index is 0.00171. The summed E-state index contributed by atoms with van der Waals surface area (Å²) >= 11 is 6.34. The number of phenolic OH excluding ortho intramolecular Hbond substituents is 2. The molecule has 0 aliphatic rings. The Morgan fingerprint density at radius 2 is 1.83 bits per heavy atom. The van der Waals surface area contributed by atoms with Crippen molar-refractivity contribution in [1.29, 1.82) is 0 Å². The van der Waals surface area contributed by atoms with Crippen molar-refractivity contribution in [2.24, 2.45) is 0 Å². The molecule has 1 heterocycles. The summed E-state index contributed by atoms with van der Waals surface area (Å²) in [4.78, 5) is 18.8. The first-order chi connectivity index (χ1) is 11.4. The lowest BCUT2D eigenvalue weighted by Gasteiger charge is -2.06. The number of phenols is 2. The molecule has 6 nitrogen and oxygen atoms in total. The average Bonchev–Trinajstić information content (AvgIpc) is 2.53. The minimum atomic E-state index is -0.503. The minimum Gasteiger partial charge on any atom is -0.507 e. The van der Waals surface area contributed by atoms with Crippen molar-refractivity contribution >= 4 is 54.7 Å². The van der Waals surface area contributed by atoms with Crippen LogP contribution in [0.4, 0.5) is 0 Å². The highest BCUT2D eigenvalue weighted by molar-refractivity contribution is 9.11. The average molecular weight is 454 g/mol. The summed E-state index contributed by atoms with van der Waals surface area (Å²) in [5.74, 6) is -0.296. The van der Waals surface area contributed by atoms with Crippen LogP contribution in [0.5, 0.6) is 11.5 Å². The predicted molar refractivity (Wildman–Crippen MR) is 98.0 cm³/mol. The second kappa shape index (κ2) is 6.29. The van der Waals surface area contributed by atoms with E-state index in [1.807, 2.05) is 0 Å². The van der Waals surface area contributed by atoms with Crippen molar-refractivity contribution in [2.75, 3.05) is 0 Å². The number of para-hydroxylation sites is 1. The molecule has 24 heavy (non-hydrogen) atoms. The molecule has 8 heteroatoms. The number of fused-ring (bicyclic) bond motifs is 1. The molecule has 2 aromatic carbocycles. The number of aliphatic hydroxyl groups is 1. The Kier molecular flexibility index (Phi) is 4.33. The van der Waals surface area contributed by atoms with Crippen molar-refractivity contribution in [3.8, 4) is 11.5 Å². The van der Waals surface area contributed by atoms with Gasteiger partial charge in [-0.3, -0.25) is 4.79 Å². The predicted octanol–water partition coefficient (Wildman–Crippen LogP) is 3.92. The molecule has 3 aromatic rings. The van der Waals surface area contributed by atoms with E-state index in [4.69, 9.17) is 0 Å². The van der Waals surface area contributed by atoms with Crippen LogP contribution in [-0.2, 0) is 0 Å². The quantitative estimate of drug-likeness (QED) is 0.440. The number of hydrogen-bond acceptors (Lipinski definition) is 5. The number of aliphatic hydroxyl groups excluding tert-OH is 1. The van der Waals surface area contributed by atoms with Crippen LogP contribution in [0.15, 0.2) is 44.1 Å². The van der Waals surface area contributed by atoms with Gasteiger partial charge in [0.05, 0.1) is 14.5 Å². The third kappa shape index (κ3) is 3.02. The highest BCUT2D eigenvalue weighted by atomic mass is 79.9. The van der Waals surface area contributed by atoms with Crippen molar-refractivity contribution in [2.45, 2.75) is 0 Å². The Morgan fingerprint density at radius 3 is 2.50 bits per heavy atom. The van der Waals surface area contributed by atoms with Crippen LogP contribution in [-0.4, -0.2) is 25.3 Å². The summed E-state index contributed by atoms with van der Waals surface area (Å²) < 4.78 is 0.759. The zero-order chi connectivity index (χ0) is 17.4. The first kappa shape index (κ1) is 16.5. The topological polar surface area (TPSA) is 106 Å². The van der Waals surface area contributed by atoms with E-state index in [0.717, 1.165) is 0 Å². The lowest BCUT2D eigenvalue weighted by Crippen LogP contribution is -2.12. The third-order valence-corrected chi connectivity index (χ3v) is 4.52. The molecule has 3 rings (SSSR count). The second-order valence-corrected chi connectivity index (χ2v) is 6.65. The van der Waals surface area contributed by atoms with Gasteiger partial charge in [-0.1, -0.05) is 6.07 Å². The Bertz CT molecular complexity index is 1020. The van der Waals surface area contributed by atoms with Crippen molar-refractivity contribution in [1.82, 2.24) is 9.97 Å². The first-order valence-electron chi connectivity index (χ1n) is 6.68. The maximum Gasteiger partial charge on any atom is 0.274 e. The number of nitrogens with one attached hydrogen (secondary N) is 1. The number of aromatic hydroxyl groups is 2. The summed E-state index contributed by atoms with van der Waals surface area (Å²) in [6.45, 7) is 0. The zero-order valence-electron chi connectivity index (χ0n) is 11.9. The molecule has 122 valence electrons. The normalized spacial score (nSPS) is 11.8. The number of H-pyrrole nitrogens is 1. The van der Waals surface area contributed by atoms with Gasteiger partial charge in [0.1, 0.15) is 28.5 Å². The van der Waals surface area contributed by atoms with E-state index in [1.165, 1.54) is 24.3 Å². The molecule has 0 amide bonds. The number of benzene rings is 2. The van der Waals surface area contributed by atoms with E-state index in [9.17, 15) is 20.1 Å². The fourth-order valence-electron chi connectivity index (χ4n) is 2.13. The van der Waals surface area contributed by atoms with E-state index in [1.54, 1.807) is 12.1 Å². The zero-order valence-corrected chi connectivity index (χ0v) is 15.1. The van der Waals surface area contributed by atoms with Gasteiger partial charge in [-0.05, 0) is 56.1 Å². The molecule has 1 aromatic heterocycles. The van der Waals surface area contributed by atoms with Crippen molar-refractivity contribution < 1.29 is 15.3 Å². The Hall–Kier alpha value is -2.32. The maximum absolute atomic E-state index is 12.1. The number of halogens is 2. The van der Waals surface area contributed by atoms with Gasteiger partial charge in [-0.2, -0.15) is 0 Å². The summed E-state index contributed by atoms with van der Waals surface area (Å²) in [5, 5.41) is 29.8. The fourth-order valence-corrected chi connectivity index (χ4v) is 3.32. The smallest absolute Gasteiger partial charge is 0.274 e. The van der Waals surface area contributed by atoms with Crippen molar-refractivity contribution in [3.05, 3.63) is 60.9 Å². The molecule has 0 saturated heterocycles. The van der Waals surface area contributed by atoms with E-state index in [0.29, 0.717) is 20.0 Å². The summed E-state index contributed by atoms with van der Waals surface area (Å²) in [6, 6.07) is 7.66. The number of aromatic amines is 1. The van der Waals surface area contributed by atoms with E-state index in [2.05, 4.69) is 41.8 Å². The van der Waals surface area contributed by atoms with Gasteiger partial charge in [0.25, 0.3) is 5.56 Å². The Balaban J connectivity index is 2.14. The summed E-state index contributed by atoms with van der Waals surface area (Å²) in [7, 11) is 0. The number of hydrogen-bond donors (Lipinski definition) is 4. The largest absolute Gasteiger partial charge is 0.507 e. The SMILES string of the molecule is O=c1[nH]c2cccc(O)c2nc1C=C(O)c1cc(Br)c(O)c(Br)c1. The molecule has 0 spiro atoms. The molecule has 0 atom stereocenters. The van der Waals surface area contributed by atoms with Crippen LogP contribution < -0.4 is 5.56 Å². The first-order valence-corrected chi connectivity index (χ1v) is 8.26. The van der Waals surface area contributed by atoms with Crippen LogP contribution in [0.25, 0.3) is 22.9 Å². The number of aromatic nitrogens is 2. The Morgan fingerprint density at radius 1 is 1.17 bits per heavy atom. The maximum atomic E-state index is 12.1. The molecule has 4 N–H and O–H groups in total. The monoisotopic (exact) mass is 452 g/mol. The van der Waals surface area contributed by atoms with Crippen LogP contribution in [0, 0.1) is 0 Å². The second-order valence-electron chi connectivity index (χ2n) is 4.94. The highest BCUT2D eigenvalue weighted by Gasteiger charge is 2.11. The van der Waals surface area contributed by atoms with E-state index < -0.39 is 5.56 Å². The van der Waals surface area contributed by atoms with Gasteiger partial charge in [0.2, 0.25) is 0 Å². The lowest BCUT2D eigenvalue weighted by atomic mass is 10.1. The standard InChI is InChI=1S/C16H10Br2N2O4/c17-8-4-7(5-9(18)15(8)23)13(22)6-11-16(24)20-10-2-1-3-12(21)14(10)19-11/h1-6,21-23H,(H,20,24). The van der Waals surface area contributed by atoms with Gasteiger partial charge in [0.15, 0.2) is 0 Å². The number of rotatable bonds is 2. The molecular formula is C16H10Br2N2O4. The molecule has 0 bridgehead atoms. The third-order valence-electron chi connectivity index (χ3n) is 3.31. The van der Waals surface area contributed by atoms with Crippen LogP contribution in [0.1, 0.15) is 11.3 Å². The van der Waals surface area contributed by atoms with Gasteiger partial charge in [0, 0.05) is 11.6 Å². The van der Waals surface area contributed by atoms with E-state index >= 15 is 0 Å². The molecule has 0 radical (unpaired) electrons. The van der Waals surface area contributed by atoms with Gasteiger partial charge >= 0.3 is 0 Å². The van der Waals surface area contributed by atoms with Crippen LogP contribution in [0.2, 0.25) is 0 Å². The summed E-state index contributed by atoms with van der Waals surface area (Å²) in [5.41, 5.74) is 0.430. The van der Waals surface area contributed by atoms with E-state index in [-0.39, 0.29) is 28.5 Å². The van der Waals surface area contributed by atoms with Crippen LogP contribution in [0.3, 0.4) is 0 Å². The van der Waals surface area contributed by atoms with Crippen LogP contribution >= 0.6 is 31.9 Å². The summed E-state index contributed by atoms with van der Waals surface area (Å²) in [6.07, 6.45) is 1.19. The molecule has 0 aliphatic carbocycles. The van der Waals surface area contributed by atoms with Gasteiger partial charge < -0.3 is 20.3 Å². The molecule has 0 aliphatic heterocycles. The molecule has 0 unspecified atom stereocenters. The molecule has 0 fully saturated rings. The number of nitrogens with zero attached hydrogens (tertiary/aromatic N) is 1. The molecular weight excluding hydrogens is 444 g/mol.